The van der Waals surface area contributed by atoms with E-state index in [4.69, 9.17) is 4.74 Å². The van der Waals surface area contributed by atoms with Crippen molar-refractivity contribution in [2.75, 3.05) is 32.5 Å². The highest BCUT2D eigenvalue weighted by atomic mass is 32.2. The fourth-order valence-corrected chi connectivity index (χ4v) is 2.94. The highest BCUT2D eigenvalue weighted by molar-refractivity contribution is 7.89. The van der Waals surface area contributed by atoms with Gasteiger partial charge in [0.25, 0.3) is 0 Å². The van der Waals surface area contributed by atoms with E-state index in [1.54, 1.807) is 7.05 Å². The SMILES string of the molecule is CC(C)OCCS(=O)(=O)N(C)C1CCNC1. The van der Waals surface area contributed by atoms with Crippen molar-refractivity contribution < 1.29 is 13.2 Å². The normalized spacial score (nSPS) is 22.2. The van der Waals surface area contributed by atoms with Crippen LogP contribution in [0.4, 0.5) is 0 Å². The van der Waals surface area contributed by atoms with Crippen LogP contribution < -0.4 is 5.32 Å². The Kier molecular flexibility index (Phi) is 5.17. The van der Waals surface area contributed by atoms with Gasteiger partial charge in [0.15, 0.2) is 0 Å². The average Bonchev–Trinajstić information content (AvgIpc) is 2.68. The number of nitrogens with one attached hydrogen (secondary N) is 1. The van der Waals surface area contributed by atoms with Gasteiger partial charge >= 0.3 is 0 Å². The first-order valence-electron chi connectivity index (χ1n) is 5.71. The van der Waals surface area contributed by atoms with Gasteiger partial charge in [-0.15, -0.1) is 0 Å². The molecule has 96 valence electrons. The minimum atomic E-state index is -3.17. The lowest BCUT2D eigenvalue weighted by Crippen LogP contribution is -2.40. The van der Waals surface area contributed by atoms with Crippen molar-refractivity contribution >= 4 is 10.0 Å². The maximum Gasteiger partial charge on any atom is 0.216 e. The van der Waals surface area contributed by atoms with Crippen LogP contribution in [-0.4, -0.2) is 57.4 Å². The monoisotopic (exact) mass is 250 g/mol. The van der Waals surface area contributed by atoms with Crippen LogP contribution in [0.15, 0.2) is 0 Å². The molecule has 1 fully saturated rings. The van der Waals surface area contributed by atoms with Gasteiger partial charge < -0.3 is 10.1 Å². The smallest absolute Gasteiger partial charge is 0.216 e. The molecule has 0 aromatic rings. The molecule has 1 unspecified atom stereocenters. The zero-order valence-corrected chi connectivity index (χ0v) is 11.1. The number of hydrogen-bond acceptors (Lipinski definition) is 4. The van der Waals surface area contributed by atoms with Gasteiger partial charge in [-0.25, -0.2) is 12.7 Å². The first-order valence-corrected chi connectivity index (χ1v) is 7.32. The summed E-state index contributed by atoms with van der Waals surface area (Å²) in [6.07, 6.45) is 0.967. The lowest BCUT2D eigenvalue weighted by molar-refractivity contribution is 0.0906. The van der Waals surface area contributed by atoms with Gasteiger partial charge in [0.05, 0.1) is 18.5 Å². The van der Waals surface area contributed by atoms with Crippen molar-refractivity contribution in [3.63, 3.8) is 0 Å². The molecule has 1 rings (SSSR count). The van der Waals surface area contributed by atoms with E-state index in [1.165, 1.54) is 4.31 Å². The quantitative estimate of drug-likeness (QED) is 0.723. The maximum absolute atomic E-state index is 11.9. The van der Waals surface area contributed by atoms with Crippen LogP contribution in [0, 0.1) is 0 Å². The zero-order chi connectivity index (χ0) is 12.2. The second-order valence-electron chi connectivity index (χ2n) is 4.40. The van der Waals surface area contributed by atoms with Crippen molar-refractivity contribution in [2.45, 2.75) is 32.4 Å². The molecule has 0 saturated carbocycles. The van der Waals surface area contributed by atoms with Crippen LogP contribution in [0.2, 0.25) is 0 Å². The first-order chi connectivity index (χ1) is 7.43. The van der Waals surface area contributed by atoms with Gasteiger partial charge in [0, 0.05) is 19.6 Å². The Balaban J connectivity index is 2.42. The molecule has 5 nitrogen and oxygen atoms in total. The molecule has 1 saturated heterocycles. The summed E-state index contributed by atoms with van der Waals surface area (Å²) in [5.41, 5.74) is 0. The minimum absolute atomic E-state index is 0.0676. The van der Waals surface area contributed by atoms with Crippen molar-refractivity contribution in [3.05, 3.63) is 0 Å². The average molecular weight is 250 g/mol. The highest BCUT2D eigenvalue weighted by Gasteiger charge is 2.28. The number of ether oxygens (including phenoxy) is 1. The van der Waals surface area contributed by atoms with Crippen molar-refractivity contribution in [2.24, 2.45) is 0 Å². The van der Waals surface area contributed by atoms with E-state index in [1.807, 2.05) is 13.8 Å². The number of rotatable bonds is 6. The molecule has 1 N–H and O–H groups in total. The van der Waals surface area contributed by atoms with E-state index in [2.05, 4.69) is 5.32 Å². The summed E-state index contributed by atoms with van der Waals surface area (Å²) in [5, 5.41) is 3.16. The van der Waals surface area contributed by atoms with Crippen molar-refractivity contribution in [1.82, 2.24) is 9.62 Å². The van der Waals surface area contributed by atoms with Crippen LogP contribution >= 0.6 is 0 Å². The summed E-state index contributed by atoms with van der Waals surface area (Å²) in [7, 11) is -1.52. The molecular formula is C10H22N2O3S. The third-order valence-corrected chi connectivity index (χ3v) is 4.64. The minimum Gasteiger partial charge on any atom is -0.378 e. The molecule has 0 aromatic heterocycles. The lowest BCUT2D eigenvalue weighted by atomic mass is 10.3. The molecule has 0 aromatic carbocycles. The Hall–Kier alpha value is -0.170. The van der Waals surface area contributed by atoms with Crippen molar-refractivity contribution in [1.29, 1.82) is 0 Å². The second kappa shape index (κ2) is 5.95. The van der Waals surface area contributed by atoms with Gasteiger partial charge in [-0.1, -0.05) is 0 Å². The number of nitrogens with zero attached hydrogens (tertiary/aromatic N) is 1. The number of hydrogen-bond donors (Lipinski definition) is 1. The van der Waals surface area contributed by atoms with Gasteiger partial charge in [-0.05, 0) is 26.8 Å². The molecular weight excluding hydrogens is 228 g/mol. The summed E-state index contributed by atoms with van der Waals surface area (Å²) in [4.78, 5) is 0. The third kappa shape index (κ3) is 4.01. The van der Waals surface area contributed by atoms with Crippen LogP contribution in [-0.2, 0) is 14.8 Å². The number of likely N-dealkylation sites (N-methyl/N-ethyl adjacent to an activating group) is 1. The molecule has 6 heteroatoms. The first kappa shape index (κ1) is 13.9. The second-order valence-corrected chi connectivity index (χ2v) is 6.55. The summed E-state index contributed by atoms with van der Waals surface area (Å²) in [6, 6.07) is 0.101. The molecule has 1 atom stereocenters. The van der Waals surface area contributed by atoms with E-state index >= 15 is 0 Å². The topological polar surface area (TPSA) is 58.6 Å². The lowest BCUT2D eigenvalue weighted by Gasteiger charge is -2.23. The van der Waals surface area contributed by atoms with Crippen molar-refractivity contribution in [3.8, 4) is 0 Å². The predicted molar refractivity (Wildman–Crippen MR) is 63.9 cm³/mol. The zero-order valence-electron chi connectivity index (χ0n) is 10.3. The highest BCUT2D eigenvalue weighted by Crippen LogP contribution is 2.11. The Morgan fingerprint density at radius 1 is 1.50 bits per heavy atom. The summed E-state index contributed by atoms with van der Waals surface area (Å²) in [6.45, 7) is 5.72. The Morgan fingerprint density at radius 2 is 2.19 bits per heavy atom. The molecule has 1 heterocycles. The molecule has 0 bridgehead atoms. The summed E-state index contributed by atoms with van der Waals surface area (Å²) in [5.74, 6) is 0.0676. The largest absolute Gasteiger partial charge is 0.378 e. The number of sulfonamides is 1. The molecule has 0 radical (unpaired) electrons. The standard InChI is InChI=1S/C10H22N2O3S/c1-9(2)15-6-7-16(13,14)12(3)10-4-5-11-8-10/h9-11H,4-8H2,1-3H3. The molecule has 0 aliphatic carbocycles. The van der Waals surface area contributed by atoms with Gasteiger partial charge in [-0.2, -0.15) is 0 Å². The van der Waals surface area contributed by atoms with E-state index < -0.39 is 10.0 Å². The van der Waals surface area contributed by atoms with Crippen LogP contribution in [0.1, 0.15) is 20.3 Å². The van der Waals surface area contributed by atoms with E-state index in [0.717, 1.165) is 19.5 Å². The maximum atomic E-state index is 11.9. The van der Waals surface area contributed by atoms with E-state index in [-0.39, 0.29) is 24.5 Å². The molecule has 0 spiro atoms. The molecule has 1 aliphatic rings. The van der Waals surface area contributed by atoms with Crippen LogP contribution in [0.5, 0.6) is 0 Å². The van der Waals surface area contributed by atoms with E-state index in [9.17, 15) is 8.42 Å². The van der Waals surface area contributed by atoms with Crippen LogP contribution in [0.3, 0.4) is 0 Å². The fraction of sp³-hybridized carbons (Fsp3) is 1.00. The van der Waals surface area contributed by atoms with E-state index in [0.29, 0.717) is 0 Å². The molecule has 0 amide bonds. The predicted octanol–water partition coefficient (Wildman–Crippen LogP) is 0.0349. The summed E-state index contributed by atoms with van der Waals surface area (Å²) < 4.78 is 30.6. The summed E-state index contributed by atoms with van der Waals surface area (Å²) >= 11 is 0. The van der Waals surface area contributed by atoms with Gasteiger partial charge in [0.1, 0.15) is 0 Å². The Bertz CT molecular complexity index is 297. The Labute approximate surface area is 98.2 Å². The van der Waals surface area contributed by atoms with Gasteiger partial charge in [-0.3, -0.25) is 0 Å². The fourth-order valence-electron chi connectivity index (χ4n) is 1.71. The third-order valence-electron chi connectivity index (χ3n) is 2.78. The Morgan fingerprint density at radius 3 is 2.69 bits per heavy atom. The molecule has 1 aliphatic heterocycles. The van der Waals surface area contributed by atoms with Gasteiger partial charge in [0.2, 0.25) is 10.0 Å². The molecule has 16 heavy (non-hydrogen) atoms. The van der Waals surface area contributed by atoms with Crippen LogP contribution in [0.25, 0.3) is 0 Å².